The molecule has 0 aliphatic heterocycles. The highest BCUT2D eigenvalue weighted by atomic mass is 17.5. The van der Waals surface area contributed by atoms with Gasteiger partial charge < -0.3 is 86.4 Å². The second-order valence-electron chi connectivity index (χ2n) is 19.1. The number of aliphatic hydroxyl groups is 3. The molecule has 2 fully saturated rings. The molecule has 478 valence electrons. The van der Waals surface area contributed by atoms with Crippen LogP contribution in [-0.2, 0) is 87.7 Å². The SMILES string of the molecule is COC(=O)C1(C)C[C@@H](O)C(O)[C@H](O)C1.COC(=O)Oc1cc(/C=C/C(=O)O[C@@H]2C[C@@](C)(C(=O)OC)C[C@@H](OC(=O)/C=C/c3ccc(OC(=O)OC)c(OC(=O)OC)c3)[C@@H]2OC(=O)/C=C/c2ccc(OC(=O)OC)c(OC(=O)OC)c2)ccc1CCOOO. The van der Waals surface area contributed by atoms with Crippen molar-refractivity contribution in [2.45, 2.75) is 82.6 Å². The lowest BCUT2D eigenvalue weighted by atomic mass is 9.71. The Hall–Kier alpha value is -9.66. The molecule has 0 amide bonds. The third-order valence-corrected chi connectivity index (χ3v) is 12.9. The molecule has 0 aromatic heterocycles. The van der Waals surface area contributed by atoms with Gasteiger partial charge in [-0.25, -0.2) is 48.5 Å². The Morgan fingerprint density at radius 1 is 0.455 bits per heavy atom. The molecule has 0 heterocycles. The molecule has 0 saturated heterocycles. The third-order valence-electron chi connectivity index (χ3n) is 12.9. The van der Waals surface area contributed by atoms with Crippen molar-refractivity contribution in [3.8, 4) is 28.7 Å². The van der Waals surface area contributed by atoms with E-state index in [-0.39, 0.29) is 78.6 Å². The van der Waals surface area contributed by atoms with E-state index in [4.69, 9.17) is 47.9 Å². The molecule has 4 N–H and O–H groups in total. The normalized spacial score (nSPS) is 21.2. The number of carbonyl (C=O) groups excluding carboxylic acids is 10. The van der Waals surface area contributed by atoms with E-state index in [1.54, 1.807) is 6.92 Å². The molecule has 88 heavy (non-hydrogen) atoms. The molecule has 0 radical (unpaired) electrons. The van der Waals surface area contributed by atoms with Gasteiger partial charge in [-0.05, 0) is 97.5 Å². The van der Waals surface area contributed by atoms with Crippen LogP contribution in [0.4, 0.5) is 24.0 Å². The van der Waals surface area contributed by atoms with Crippen LogP contribution in [0, 0.1) is 10.8 Å². The average Bonchev–Trinajstić information content (AvgIpc) is 1.64. The largest absolute Gasteiger partial charge is 0.513 e. The highest BCUT2D eigenvalue weighted by Gasteiger charge is 2.53. The van der Waals surface area contributed by atoms with Gasteiger partial charge in [-0.1, -0.05) is 29.3 Å². The van der Waals surface area contributed by atoms with Gasteiger partial charge in [0.05, 0.1) is 79.4 Å². The molecule has 3 aromatic rings. The van der Waals surface area contributed by atoms with Crippen LogP contribution in [0.1, 0.15) is 61.8 Å². The maximum absolute atomic E-state index is 13.7. The molecular weight excluding hydrogens is 1180 g/mol. The van der Waals surface area contributed by atoms with Crippen LogP contribution >= 0.6 is 0 Å². The van der Waals surface area contributed by atoms with Crippen LogP contribution in [0.5, 0.6) is 28.7 Å². The van der Waals surface area contributed by atoms with Crippen LogP contribution in [0.15, 0.2) is 72.8 Å². The number of rotatable bonds is 20. The van der Waals surface area contributed by atoms with E-state index in [9.17, 15) is 63.3 Å². The fraction of sp³-hybridized carbons (Fsp3) is 0.404. The molecule has 5 rings (SSSR count). The zero-order valence-electron chi connectivity index (χ0n) is 48.7. The molecule has 0 unspecified atom stereocenters. The van der Waals surface area contributed by atoms with E-state index in [0.29, 0.717) is 11.1 Å². The van der Waals surface area contributed by atoms with Crippen molar-refractivity contribution in [1.82, 2.24) is 0 Å². The maximum Gasteiger partial charge on any atom is 0.513 e. The highest BCUT2D eigenvalue weighted by molar-refractivity contribution is 5.90. The first-order chi connectivity index (χ1) is 41.8. The number of methoxy groups -OCH3 is 7. The number of carbonyl (C=O) groups is 10. The molecule has 31 nitrogen and oxygen atoms in total. The van der Waals surface area contributed by atoms with Crippen molar-refractivity contribution < 1.29 is 150 Å². The summed E-state index contributed by atoms with van der Waals surface area (Å²) >= 11 is 0. The van der Waals surface area contributed by atoms with Gasteiger partial charge in [0.2, 0.25) is 0 Å². The molecule has 31 heteroatoms. The molecule has 0 spiro atoms. The first-order valence-corrected chi connectivity index (χ1v) is 25.8. The second kappa shape index (κ2) is 33.9. The molecule has 3 aromatic carbocycles. The topological polar surface area (TPSA) is 409 Å². The van der Waals surface area contributed by atoms with Gasteiger partial charge in [0.15, 0.2) is 29.1 Å². The standard InChI is InChI=1S/C48H48O26.C9H16O5/c1-48(42(52)59-2)25-36(66-38(49)17-11-27-8-14-30(20-21-65-74-58)33(22-27)70-45(55)62-5)41(73-40(51)19-13-29-10-16-32(69-44(54)61-4)35(24-29)72-47(57)64-7)37(26-48)67-39(50)18-12-28-9-15-31(68-43(53)60-3)34(23-28)71-46(56)63-6;1-9(8(13)14-2)3-5(10)7(12)6(11)4-9/h8-19,22-24,36-37,41,58H,20-21,25-26H2,1-7H3;5-7,10-12H,3-4H2,1-2H3/b17-11+,18-12+,19-13+;/t36-,37-,41-,48-;5-,6-,7?,9?/m11/s1. The number of esters is 5. The van der Waals surface area contributed by atoms with E-state index in [1.165, 1.54) is 86.9 Å². The quantitative estimate of drug-likeness (QED) is 0.0204. The first kappa shape index (κ1) is 70.8. The van der Waals surface area contributed by atoms with Crippen LogP contribution < -0.4 is 23.7 Å². The fourth-order valence-corrected chi connectivity index (χ4v) is 8.59. The summed E-state index contributed by atoms with van der Waals surface area (Å²) in [7, 11) is 7.60. The number of ether oxygens (including phenoxy) is 15. The Morgan fingerprint density at radius 2 is 0.795 bits per heavy atom. The van der Waals surface area contributed by atoms with Gasteiger partial charge in [0, 0.05) is 37.5 Å². The van der Waals surface area contributed by atoms with E-state index >= 15 is 0 Å². The van der Waals surface area contributed by atoms with Gasteiger partial charge in [-0.2, -0.15) is 0 Å². The number of benzene rings is 3. The lowest BCUT2D eigenvalue weighted by Gasteiger charge is -2.43. The van der Waals surface area contributed by atoms with E-state index in [0.717, 1.165) is 60.9 Å². The van der Waals surface area contributed by atoms with Gasteiger partial charge in [0.25, 0.3) is 0 Å². The summed E-state index contributed by atoms with van der Waals surface area (Å²) in [6, 6.07) is 11.9. The van der Waals surface area contributed by atoms with Crippen molar-refractivity contribution in [2.75, 3.05) is 56.4 Å². The minimum absolute atomic E-state index is 0.00831. The van der Waals surface area contributed by atoms with Crippen molar-refractivity contribution >= 4 is 78.9 Å². The highest BCUT2D eigenvalue weighted by Crippen LogP contribution is 2.42. The smallest absolute Gasteiger partial charge is 0.469 e. The summed E-state index contributed by atoms with van der Waals surface area (Å²) < 4.78 is 75.1. The minimum Gasteiger partial charge on any atom is -0.469 e. The van der Waals surface area contributed by atoms with Gasteiger partial charge >= 0.3 is 60.6 Å². The van der Waals surface area contributed by atoms with Crippen LogP contribution in [0.25, 0.3) is 18.2 Å². The summed E-state index contributed by atoms with van der Waals surface area (Å²) in [5.74, 6) is -5.72. The number of aliphatic hydroxyl groups excluding tert-OH is 3. The van der Waals surface area contributed by atoms with Crippen LogP contribution in [-0.4, -0.2) is 174 Å². The first-order valence-electron chi connectivity index (χ1n) is 25.8. The Morgan fingerprint density at radius 3 is 1.17 bits per heavy atom. The predicted molar refractivity (Wildman–Crippen MR) is 291 cm³/mol. The van der Waals surface area contributed by atoms with Gasteiger partial charge in [-0.15, -0.1) is 0 Å². The monoisotopic (exact) mass is 1240 g/mol. The Kier molecular flexibility index (Phi) is 27.3. The lowest BCUT2D eigenvalue weighted by molar-refractivity contribution is -0.490. The lowest BCUT2D eigenvalue weighted by Crippen LogP contribution is -2.55. The third kappa shape index (κ3) is 21.1. The summed E-state index contributed by atoms with van der Waals surface area (Å²) in [5.41, 5.74) is -1.41. The zero-order valence-corrected chi connectivity index (χ0v) is 48.7. The summed E-state index contributed by atoms with van der Waals surface area (Å²) in [6.45, 7) is 2.90. The molecule has 2 aliphatic rings. The Bertz CT molecular complexity index is 3060. The van der Waals surface area contributed by atoms with Crippen LogP contribution in [0.3, 0.4) is 0 Å². The molecule has 0 bridgehead atoms. The average molecular weight is 1250 g/mol. The molecule has 6 atom stereocenters. The van der Waals surface area contributed by atoms with Gasteiger partial charge in [-0.3, -0.25) is 9.59 Å². The molecule has 2 aliphatic carbocycles. The fourth-order valence-electron chi connectivity index (χ4n) is 8.59. The van der Waals surface area contributed by atoms with Gasteiger partial charge in [0.1, 0.15) is 24.1 Å². The summed E-state index contributed by atoms with van der Waals surface area (Å²) in [6.07, 6.45) is -7.75. The van der Waals surface area contributed by atoms with Crippen molar-refractivity contribution in [3.63, 3.8) is 0 Å². The summed E-state index contributed by atoms with van der Waals surface area (Å²) in [4.78, 5) is 130. The molecule has 2 saturated carbocycles. The van der Waals surface area contributed by atoms with Crippen molar-refractivity contribution in [1.29, 1.82) is 0 Å². The predicted octanol–water partition coefficient (Wildman–Crippen LogP) is 5.57. The van der Waals surface area contributed by atoms with E-state index in [2.05, 4.69) is 38.3 Å². The van der Waals surface area contributed by atoms with E-state index in [1.807, 2.05) is 0 Å². The Labute approximate surface area is 500 Å². The Balaban J connectivity index is 0.00000104. The van der Waals surface area contributed by atoms with E-state index < -0.39 is 108 Å². The minimum atomic E-state index is -1.65. The maximum atomic E-state index is 13.7. The summed E-state index contributed by atoms with van der Waals surface area (Å²) in [5, 5.41) is 40.2. The zero-order chi connectivity index (χ0) is 65.3. The van der Waals surface area contributed by atoms with Crippen molar-refractivity contribution in [3.05, 3.63) is 95.1 Å². The van der Waals surface area contributed by atoms with Crippen molar-refractivity contribution in [2.24, 2.45) is 10.8 Å². The number of hydrogen-bond acceptors (Lipinski definition) is 31. The van der Waals surface area contributed by atoms with Crippen LogP contribution in [0.2, 0.25) is 0 Å². The second-order valence-corrected chi connectivity index (χ2v) is 19.1. The molecular formula is C57H64O31. The number of hydrogen-bond donors (Lipinski definition) is 4.